The molecule has 0 amide bonds. The maximum Gasteiger partial charge on any atom is 0.231 e. The molecule has 0 saturated carbocycles. The molecule has 0 atom stereocenters. The molecule has 0 radical (unpaired) electrons. The number of ether oxygens (including phenoxy) is 2. The van der Waals surface area contributed by atoms with Crippen molar-refractivity contribution >= 4 is 12.0 Å². The third-order valence-electron chi connectivity index (χ3n) is 2.59. The monoisotopic (exact) mass is 256 g/mol. The number of rotatable bonds is 3. The molecule has 0 unspecified atom stereocenters. The van der Waals surface area contributed by atoms with Crippen molar-refractivity contribution in [3.05, 3.63) is 41.9 Å². The lowest BCUT2D eigenvalue weighted by Gasteiger charge is -2.00. The summed E-state index contributed by atoms with van der Waals surface area (Å²) in [7, 11) is 0. The molecule has 0 bridgehead atoms. The fourth-order valence-corrected chi connectivity index (χ4v) is 1.68. The summed E-state index contributed by atoms with van der Waals surface area (Å²) in [4.78, 5) is 8.06. The third kappa shape index (κ3) is 2.62. The Balaban J connectivity index is 1.69. The van der Waals surface area contributed by atoms with Gasteiger partial charge in [0.1, 0.15) is 12.1 Å². The lowest BCUT2D eigenvalue weighted by Crippen LogP contribution is -1.95. The Bertz CT molecular complexity index is 628. The number of hydrogen-bond acceptors (Lipinski definition) is 6. The highest BCUT2D eigenvalue weighted by atomic mass is 16.7. The zero-order valence-electron chi connectivity index (χ0n) is 10.3. The highest BCUT2D eigenvalue weighted by Crippen LogP contribution is 2.31. The van der Waals surface area contributed by atoms with E-state index in [1.807, 2.05) is 31.2 Å². The molecule has 19 heavy (non-hydrogen) atoms. The highest BCUT2D eigenvalue weighted by Gasteiger charge is 2.12. The second kappa shape index (κ2) is 4.93. The second-order valence-corrected chi connectivity index (χ2v) is 4.03. The molecule has 1 aliphatic rings. The third-order valence-corrected chi connectivity index (χ3v) is 2.59. The number of benzene rings is 1. The Kier molecular flexibility index (Phi) is 2.97. The first-order valence-electron chi connectivity index (χ1n) is 5.79. The van der Waals surface area contributed by atoms with E-state index in [4.69, 9.17) is 9.47 Å². The zero-order valence-corrected chi connectivity index (χ0v) is 10.3. The standard InChI is InChI=1S/C13H12N4O2/c1-9-4-13(15-7-14-9)17-16-6-10-2-3-11-12(5-10)19-8-18-11/h2-7H,8H2,1H3,(H,14,15,17)/b16-6+. The van der Waals surface area contributed by atoms with E-state index in [-0.39, 0.29) is 6.79 Å². The van der Waals surface area contributed by atoms with Crippen LogP contribution < -0.4 is 14.9 Å². The summed E-state index contributed by atoms with van der Waals surface area (Å²) in [5.74, 6) is 2.16. The lowest BCUT2D eigenvalue weighted by molar-refractivity contribution is 0.174. The SMILES string of the molecule is Cc1cc(N/N=C/c2ccc3c(c2)OCO3)ncn1. The largest absolute Gasteiger partial charge is 0.454 e. The Labute approximate surface area is 110 Å². The van der Waals surface area contributed by atoms with Gasteiger partial charge in [0.25, 0.3) is 0 Å². The molecule has 0 aliphatic carbocycles. The number of hydrazone groups is 1. The summed E-state index contributed by atoms with van der Waals surface area (Å²) >= 11 is 0. The molecular weight excluding hydrogens is 244 g/mol. The molecule has 1 aliphatic heterocycles. The van der Waals surface area contributed by atoms with Gasteiger partial charge in [-0.1, -0.05) is 0 Å². The normalized spacial score (nSPS) is 12.9. The minimum absolute atomic E-state index is 0.272. The topological polar surface area (TPSA) is 68.6 Å². The Morgan fingerprint density at radius 3 is 3.00 bits per heavy atom. The van der Waals surface area contributed by atoms with Gasteiger partial charge < -0.3 is 9.47 Å². The van der Waals surface area contributed by atoms with Crippen molar-refractivity contribution < 1.29 is 9.47 Å². The average Bonchev–Trinajstić information content (AvgIpc) is 2.86. The maximum atomic E-state index is 5.29. The molecule has 1 aromatic heterocycles. The fraction of sp³-hybridized carbons (Fsp3) is 0.154. The van der Waals surface area contributed by atoms with Crippen LogP contribution >= 0.6 is 0 Å². The van der Waals surface area contributed by atoms with Crippen LogP contribution in [0.25, 0.3) is 0 Å². The number of aryl methyl sites for hydroxylation is 1. The van der Waals surface area contributed by atoms with Crippen molar-refractivity contribution in [2.75, 3.05) is 12.2 Å². The minimum atomic E-state index is 0.272. The first-order chi connectivity index (χ1) is 9.31. The quantitative estimate of drug-likeness (QED) is 0.671. The molecule has 2 aromatic rings. The fourth-order valence-electron chi connectivity index (χ4n) is 1.68. The summed E-state index contributed by atoms with van der Waals surface area (Å²) in [6.45, 7) is 2.17. The van der Waals surface area contributed by atoms with E-state index >= 15 is 0 Å². The Hall–Kier alpha value is -2.63. The van der Waals surface area contributed by atoms with Gasteiger partial charge in [0.05, 0.1) is 6.21 Å². The number of aromatic nitrogens is 2. The van der Waals surface area contributed by atoms with Crippen LogP contribution in [0, 0.1) is 6.92 Å². The molecule has 2 heterocycles. The Morgan fingerprint density at radius 2 is 2.11 bits per heavy atom. The highest BCUT2D eigenvalue weighted by molar-refractivity contribution is 5.81. The van der Waals surface area contributed by atoms with E-state index in [9.17, 15) is 0 Å². The number of fused-ring (bicyclic) bond motifs is 1. The molecule has 6 nitrogen and oxygen atoms in total. The first-order valence-corrected chi connectivity index (χ1v) is 5.79. The molecule has 1 N–H and O–H groups in total. The lowest BCUT2D eigenvalue weighted by atomic mass is 10.2. The van der Waals surface area contributed by atoms with Crippen molar-refractivity contribution in [2.24, 2.45) is 5.10 Å². The predicted octanol–water partition coefficient (Wildman–Crippen LogP) is 1.96. The van der Waals surface area contributed by atoms with Crippen LogP contribution in [-0.2, 0) is 0 Å². The molecule has 0 saturated heterocycles. The van der Waals surface area contributed by atoms with Gasteiger partial charge in [-0.25, -0.2) is 9.97 Å². The number of nitrogens with one attached hydrogen (secondary N) is 1. The van der Waals surface area contributed by atoms with Crippen molar-refractivity contribution in [2.45, 2.75) is 6.92 Å². The van der Waals surface area contributed by atoms with Crippen LogP contribution in [0.4, 0.5) is 5.82 Å². The van der Waals surface area contributed by atoms with E-state index in [2.05, 4.69) is 20.5 Å². The predicted molar refractivity (Wildman–Crippen MR) is 70.6 cm³/mol. The van der Waals surface area contributed by atoms with Crippen molar-refractivity contribution in [3.63, 3.8) is 0 Å². The molecule has 0 spiro atoms. The van der Waals surface area contributed by atoms with E-state index in [1.54, 1.807) is 6.21 Å². The summed E-state index contributed by atoms with van der Waals surface area (Å²) in [5.41, 5.74) is 4.65. The van der Waals surface area contributed by atoms with Gasteiger partial charge in [-0.2, -0.15) is 5.10 Å². The van der Waals surface area contributed by atoms with Gasteiger partial charge in [-0.05, 0) is 30.7 Å². The maximum absolute atomic E-state index is 5.29. The Morgan fingerprint density at radius 1 is 1.21 bits per heavy atom. The van der Waals surface area contributed by atoms with Gasteiger partial charge in [-0.3, -0.25) is 5.43 Å². The average molecular weight is 256 g/mol. The van der Waals surface area contributed by atoms with Gasteiger partial charge in [0.15, 0.2) is 11.5 Å². The molecule has 3 rings (SSSR count). The smallest absolute Gasteiger partial charge is 0.231 e. The van der Waals surface area contributed by atoms with Gasteiger partial charge >= 0.3 is 0 Å². The first kappa shape index (κ1) is 11.5. The van der Waals surface area contributed by atoms with Crippen LogP contribution in [0.2, 0.25) is 0 Å². The van der Waals surface area contributed by atoms with E-state index < -0.39 is 0 Å². The summed E-state index contributed by atoms with van der Waals surface area (Å²) in [6, 6.07) is 7.46. The van der Waals surface area contributed by atoms with Crippen molar-refractivity contribution in [1.82, 2.24) is 9.97 Å². The van der Waals surface area contributed by atoms with E-state index in [0.29, 0.717) is 5.82 Å². The molecule has 1 aromatic carbocycles. The van der Waals surface area contributed by atoms with Gasteiger partial charge in [-0.15, -0.1) is 0 Å². The van der Waals surface area contributed by atoms with E-state index in [1.165, 1.54) is 6.33 Å². The van der Waals surface area contributed by atoms with Crippen LogP contribution in [0.3, 0.4) is 0 Å². The van der Waals surface area contributed by atoms with Crippen molar-refractivity contribution in [3.8, 4) is 11.5 Å². The number of nitrogens with zero attached hydrogens (tertiary/aromatic N) is 3. The molecule has 0 fully saturated rings. The van der Waals surface area contributed by atoms with Crippen LogP contribution in [-0.4, -0.2) is 23.0 Å². The van der Waals surface area contributed by atoms with Crippen molar-refractivity contribution in [1.29, 1.82) is 0 Å². The zero-order chi connectivity index (χ0) is 13.1. The molecular formula is C13H12N4O2. The minimum Gasteiger partial charge on any atom is -0.454 e. The summed E-state index contributed by atoms with van der Waals surface area (Å²) in [5, 5.41) is 4.12. The van der Waals surface area contributed by atoms with Crippen LogP contribution in [0.5, 0.6) is 11.5 Å². The van der Waals surface area contributed by atoms with E-state index in [0.717, 1.165) is 22.8 Å². The number of anilines is 1. The van der Waals surface area contributed by atoms with Gasteiger partial charge in [0.2, 0.25) is 6.79 Å². The molecule has 96 valence electrons. The van der Waals surface area contributed by atoms with Gasteiger partial charge in [0, 0.05) is 11.8 Å². The summed E-state index contributed by atoms with van der Waals surface area (Å²) in [6.07, 6.45) is 3.19. The van der Waals surface area contributed by atoms with Crippen LogP contribution in [0.15, 0.2) is 35.7 Å². The molecule has 6 heteroatoms. The second-order valence-electron chi connectivity index (χ2n) is 4.03. The summed E-state index contributed by atoms with van der Waals surface area (Å²) < 4.78 is 10.5. The van der Waals surface area contributed by atoms with Crippen LogP contribution in [0.1, 0.15) is 11.3 Å². The number of hydrogen-bond donors (Lipinski definition) is 1.